The van der Waals surface area contributed by atoms with Crippen LogP contribution < -0.4 is 0 Å². The van der Waals surface area contributed by atoms with Gasteiger partial charge in [0.25, 0.3) is 0 Å². The van der Waals surface area contributed by atoms with Crippen molar-refractivity contribution in [1.82, 2.24) is 19.5 Å². The molecule has 0 spiro atoms. The van der Waals surface area contributed by atoms with Crippen LogP contribution >= 0.6 is 0 Å². The second-order valence-electron chi connectivity index (χ2n) is 11.3. The summed E-state index contributed by atoms with van der Waals surface area (Å²) in [6, 6.07) is 55.1. The molecule has 0 radical (unpaired) electrons. The molecule has 0 aliphatic rings. The van der Waals surface area contributed by atoms with Crippen molar-refractivity contribution in [2.24, 2.45) is 0 Å². The van der Waals surface area contributed by atoms with Crippen molar-refractivity contribution < 1.29 is 0 Å². The number of hydrogen-bond donors (Lipinski definition) is 0. The van der Waals surface area contributed by atoms with E-state index < -0.39 is 0 Å². The summed E-state index contributed by atoms with van der Waals surface area (Å²) in [6.45, 7) is 0. The molecule has 0 fully saturated rings. The highest BCUT2D eigenvalue weighted by atomic mass is 15.0. The summed E-state index contributed by atoms with van der Waals surface area (Å²) in [5, 5.41) is 7.20. The van der Waals surface area contributed by atoms with Crippen LogP contribution in [0.3, 0.4) is 0 Å². The smallest absolute Gasteiger partial charge is 0.164 e. The molecule has 0 saturated carbocycles. The molecule has 0 aliphatic carbocycles. The fourth-order valence-corrected chi connectivity index (χ4v) is 6.46. The van der Waals surface area contributed by atoms with E-state index in [9.17, 15) is 0 Å². The Labute approximate surface area is 259 Å². The molecule has 7 aromatic carbocycles. The maximum atomic E-state index is 5.06. The number of aromatic nitrogens is 4. The van der Waals surface area contributed by atoms with Gasteiger partial charge in [-0.25, -0.2) is 15.0 Å². The minimum atomic E-state index is 0.640. The molecule has 2 heterocycles. The molecule has 0 atom stereocenters. The lowest BCUT2D eigenvalue weighted by atomic mass is 10.0. The van der Waals surface area contributed by atoms with Crippen LogP contribution in [0.15, 0.2) is 158 Å². The Morgan fingerprint density at radius 2 is 0.844 bits per heavy atom. The molecule has 2 aromatic heterocycles. The lowest BCUT2D eigenvalue weighted by Gasteiger charge is -2.15. The number of nitrogens with zero attached hydrogens (tertiary/aromatic N) is 4. The van der Waals surface area contributed by atoms with Gasteiger partial charge < -0.3 is 4.57 Å². The fraction of sp³-hybridized carbons (Fsp3) is 0. The van der Waals surface area contributed by atoms with Crippen LogP contribution in [0.1, 0.15) is 0 Å². The Morgan fingerprint density at radius 1 is 0.333 bits per heavy atom. The SMILES string of the molecule is c1ccc(-c2nc(-c3ccccc3)nc(-c3cc(-n4c5ccccc5c5cc6ccccc6cc54)c4ccccc4c3)n2)cc1. The van der Waals surface area contributed by atoms with E-state index in [1.54, 1.807) is 0 Å². The van der Waals surface area contributed by atoms with Crippen LogP contribution in [0.5, 0.6) is 0 Å². The predicted molar refractivity (Wildman–Crippen MR) is 185 cm³/mol. The molecule has 4 nitrogen and oxygen atoms in total. The highest BCUT2D eigenvalue weighted by Gasteiger charge is 2.18. The first-order valence-electron chi connectivity index (χ1n) is 15.1. The molecule has 9 aromatic rings. The van der Waals surface area contributed by atoms with E-state index >= 15 is 0 Å². The van der Waals surface area contributed by atoms with E-state index in [4.69, 9.17) is 15.0 Å². The Hall–Kier alpha value is -6.13. The zero-order chi connectivity index (χ0) is 29.7. The molecular formula is C41H26N4. The number of hydrogen-bond acceptors (Lipinski definition) is 3. The van der Waals surface area contributed by atoms with Gasteiger partial charge in [-0.1, -0.05) is 127 Å². The average molecular weight is 575 g/mol. The van der Waals surface area contributed by atoms with Gasteiger partial charge in [0.1, 0.15) is 0 Å². The summed E-state index contributed by atoms with van der Waals surface area (Å²) in [7, 11) is 0. The Morgan fingerprint density at radius 3 is 1.51 bits per heavy atom. The van der Waals surface area contributed by atoms with Gasteiger partial charge in [0.2, 0.25) is 0 Å². The van der Waals surface area contributed by atoms with E-state index in [2.05, 4.69) is 102 Å². The molecule has 0 amide bonds. The van der Waals surface area contributed by atoms with Gasteiger partial charge in [0, 0.05) is 32.8 Å². The van der Waals surface area contributed by atoms with Gasteiger partial charge in [0.15, 0.2) is 17.5 Å². The van der Waals surface area contributed by atoms with E-state index in [1.165, 1.54) is 27.1 Å². The van der Waals surface area contributed by atoms with Crippen molar-refractivity contribution in [3.05, 3.63) is 158 Å². The Kier molecular flexibility index (Phi) is 5.78. The van der Waals surface area contributed by atoms with Crippen LogP contribution in [-0.4, -0.2) is 19.5 Å². The molecule has 45 heavy (non-hydrogen) atoms. The summed E-state index contributed by atoms with van der Waals surface area (Å²) in [5.74, 6) is 1.94. The second kappa shape index (κ2) is 10.2. The van der Waals surface area contributed by atoms with Crippen molar-refractivity contribution in [2.75, 3.05) is 0 Å². The lowest BCUT2D eigenvalue weighted by Crippen LogP contribution is -2.01. The molecule has 4 heteroatoms. The minimum Gasteiger partial charge on any atom is -0.309 e. The second-order valence-corrected chi connectivity index (χ2v) is 11.3. The first-order chi connectivity index (χ1) is 22.3. The zero-order valence-electron chi connectivity index (χ0n) is 24.3. The molecule has 0 bridgehead atoms. The molecule has 0 N–H and O–H groups in total. The summed E-state index contributed by atoms with van der Waals surface area (Å²) < 4.78 is 2.40. The standard InChI is InChI=1S/C41H26N4/c1-3-13-27(14-4-1)39-42-40(28-15-5-2-6-16-28)44-41(43-39)32-23-31-19-9-10-20-33(31)37(26-32)45-36-22-12-11-21-34(36)35-24-29-17-7-8-18-30(29)25-38(35)45/h1-26H. The van der Waals surface area contributed by atoms with E-state index in [1.807, 2.05) is 60.7 Å². The lowest BCUT2D eigenvalue weighted by molar-refractivity contribution is 1.07. The minimum absolute atomic E-state index is 0.640. The summed E-state index contributed by atoms with van der Waals surface area (Å²) in [4.78, 5) is 15.0. The molecule has 0 unspecified atom stereocenters. The zero-order valence-corrected chi connectivity index (χ0v) is 24.3. The van der Waals surface area contributed by atoms with Gasteiger partial charge in [-0.3, -0.25) is 0 Å². The van der Waals surface area contributed by atoms with Crippen molar-refractivity contribution in [3.63, 3.8) is 0 Å². The van der Waals surface area contributed by atoms with Gasteiger partial charge >= 0.3 is 0 Å². The van der Waals surface area contributed by atoms with Gasteiger partial charge in [-0.05, 0) is 46.5 Å². The maximum absolute atomic E-state index is 5.06. The van der Waals surface area contributed by atoms with Crippen molar-refractivity contribution in [1.29, 1.82) is 0 Å². The number of para-hydroxylation sites is 1. The Bertz CT molecular complexity index is 2470. The Balaban J connectivity index is 1.36. The van der Waals surface area contributed by atoms with E-state index in [-0.39, 0.29) is 0 Å². The van der Waals surface area contributed by atoms with E-state index in [0.717, 1.165) is 38.7 Å². The maximum Gasteiger partial charge on any atom is 0.164 e. The first-order valence-corrected chi connectivity index (χ1v) is 15.1. The van der Waals surface area contributed by atoms with Crippen LogP contribution in [0.2, 0.25) is 0 Å². The van der Waals surface area contributed by atoms with Crippen LogP contribution in [-0.2, 0) is 0 Å². The molecule has 210 valence electrons. The highest BCUT2D eigenvalue weighted by Crippen LogP contribution is 2.38. The third kappa shape index (κ3) is 4.27. The van der Waals surface area contributed by atoms with Crippen LogP contribution in [0, 0.1) is 0 Å². The van der Waals surface area contributed by atoms with Crippen molar-refractivity contribution >= 4 is 43.4 Å². The van der Waals surface area contributed by atoms with E-state index in [0.29, 0.717) is 17.5 Å². The summed E-state index contributed by atoms with van der Waals surface area (Å²) in [5.41, 5.74) is 6.26. The topological polar surface area (TPSA) is 43.6 Å². The number of fused-ring (bicyclic) bond motifs is 5. The average Bonchev–Trinajstić information content (AvgIpc) is 3.43. The largest absolute Gasteiger partial charge is 0.309 e. The molecule has 0 aliphatic heterocycles. The van der Waals surface area contributed by atoms with Crippen LogP contribution in [0.4, 0.5) is 0 Å². The number of benzene rings is 7. The van der Waals surface area contributed by atoms with Crippen molar-refractivity contribution in [2.45, 2.75) is 0 Å². The fourth-order valence-electron chi connectivity index (χ4n) is 6.46. The summed E-state index contributed by atoms with van der Waals surface area (Å²) >= 11 is 0. The highest BCUT2D eigenvalue weighted by molar-refractivity contribution is 6.14. The molecule has 9 rings (SSSR count). The van der Waals surface area contributed by atoms with Gasteiger partial charge in [-0.15, -0.1) is 0 Å². The van der Waals surface area contributed by atoms with Crippen LogP contribution in [0.25, 0.3) is 83.2 Å². The normalized spacial score (nSPS) is 11.6. The quantitative estimate of drug-likeness (QED) is 0.210. The van der Waals surface area contributed by atoms with Gasteiger partial charge in [0.05, 0.1) is 16.7 Å². The molecule has 0 saturated heterocycles. The third-order valence-electron chi connectivity index (χ3n) is 8.58. The first kappa shape index (κ1) is 25.4. The number of rotatable bonds is 4. The van der Waals surface area contributed by atoms with Crippen molar-refractivity contribution in [3.8, 4) is 39.9 Å². The monoisotopic (exact) mass is 574 g/mol. The van der Waals surface area contributed by atoms with Gasteiger partial charge in [-0.2, -0.15) is 0 Å². The predicted octanol–water partition coefficient (Wildman–Crippen LogP) is 10.3. The molecular weight excluding hydrogens is 548 g/mol. The third-order valence-corrected chi connectivity index (χ3v) is 8.58. The summed E-state index contributed by atoms with van der Waals surface area (Å²) in [6.07, 6.45) is 0.